The standard InChI is InChI=1S/C21H25N3O5S/c1-15-8-10-19(11-9-15)30(27,28)24-12-4-6-17(24)14-22-20(25)21(26)23-16-5-3-7-18(13-16)29-2/h3,5,7-11,13,17H,4,6,12,14H2,1-2H3,(H,22,25)(H,23,26)/t17-/m0/s1. The minimum atomic E-state index is -3.66. The number of hydrogen-bond acceptors (Lipinski definition) is 5. The van der Waals surface area contributed by atoms with Gasteiger partial charge in [-0.25, -0.2) is 8.42 Å². The van der Waals surface area contributed by atoms with Crippen molar-refractivity contribution in [3.63, 3.8) is 0 Å². The zero-order valence-electron chi connectivity index (χ0n) is 16.9. The van der Waals surface area contributed by atoms with E-state index in [0.717, 1.165) is 5.56 Å². The molecule has 1 saturated heterocycles. The van der Waals surface area contributed by atoms with Gasteiger partial charge in [-0.1, -0.05) is 23.8 Å². The number of benzene rings is 2. The van der Waals surface area contributed by atoms with Crippen LogP contribution in [0.1, 0.15) is 18.4 Å². The fourth-order valence-corrected chi connectivity index (χ4v) is 5.05. The molecule has 3 rings (SSSR count). The summed E-state index contributed by atoms with van der Waals surface area (Å²) >= 11 is 0. The smallest absolute Gasteiger partial charge is 0.313 e. The number of sulfonamides is 1. The van der Waals surface area contributed by atoms with E-state index in [2.05, 4.69) is 10.6 Å². The van der Waals surface area contributed by atoms with Gasteiger partial charge in [0.05, 0.1) is 12.0 Å². The van der Waals surface area contributed by atoms with Gasteiger partial charge in [-0.05, 0) is 44.0 Å². The zero-order chi connectivity index (χ0) is 21.7. The van der Waals surface area contributed by atoms with Gasteiger partial charge in [0, 0.05) is 30.9 Å². The van der Waals surface area contributed by atoms with Gasteiger partial charge in [-0.2, -0.15) is 4.31 Å². The van der Waals surface area contributed by atoms with Crippen LogP contribution in [0.25, 0.3) is 0 Å². The summed E-state index contributed by atoms with van der Waals surface area (Å²) in [5.41, 5.74) is 1.40. The predicted octanol–water partition coefficient (Wildman–Crippen LogP) is 1.91. The first-order valence-corrected chi connectivity index (χ1v) is 11.1. The van der Waals surface area contributed by atoms with Crippen molar-refractivity contribution < 1.29 is 22.7 Å². The van der Waals surface area contributed by atoms with Gasteiger partial charge < -0.3 is 15.4 Å². The molecular weight excluding hydrogens is 406 g/mol. The second-order valence-corrected chi connectivity index (χ2v) is 9.01. The van der Waals surface area contributed by atoms with Gasteiger partial charge in [0.15, 0.2) is 0 Å². The molecule has 30 heavy (non-hydrogen) atoms. The lowest BCUT2D eigenvalue weighted by Crippen LogP contribution is -2.45. The second kappa shape index (κ2) is 9.27. The van der Waals surface area contributed by atoms with E-state index in [1.807, 2.05) is 6.92 Å². The van der Waals surface area contributed by atoms with Crippen LogP contribution < -0.4 is 15.4 Å². The van der Waals surface area contributed by atoms with Crippen molar-refractivity contribution in [1.29, 1.82) is 0 Å². The number of hydrogen-bond donors (Lipinski definition) is 2. The third-order valence-electron chi connectivity index (χ3n) is 4.98. The van der Waals surface area contributed by atoms with Crippen molar-refractivity contribution in [2.75, 3.05) is 25.5 Å². The lowest BCUT2D eigenvalue weighted by molar-refractivity contribution is -0.136. The van der Waals surface area contributed by atoms with E-state index >= 15 is 0 Å². The van der Waals surface area contributed by atoms with E-state index in [1.165, 1.54) is 11.4 Å². The van der Waals surface area contributed by atoms with Crippen molar-refractivity contribution >= 4 is 27.5 Å². The number of rotatable bonds is 6. The van der Waals surface area contributed by atoms with Crippen LogP contribution in [0.5, 0.6) is 5.75 Å². The number of anilines is 1. The number of nitrogens with zero attached hydrogens (tertiary/aromatic N) is 1. The van der Waals surface area contributed by atoms with E-state index in [4.69, 9.17) is 4.74 Å². The van der Waals surface area contributed by atoms with Gasteiger partial charge in [0.25, 0.3) is 0 Å². The molecule has 160 valence electrons. The van der Waals surface area contributed by atoms with Gasteiger partial charge in [0.2, 0.25) is 10.0 Å². The summed E-state index contributed by atoms with van der Waals surface area (Å²) in [5.74, 6) is -1.09. The molecule has 2 aromatic rings. The van der Waals surface area contributed by atoms with Crippen LogP contribution in [0.15, 0.2) is 53.4 Å². The second-order valence-electron chi connectivity index (χ2n) is 7.12. The molecule has 1 aliphatic rings. The summed E-state index contributed by atoms with van der Waals surface area (Å²) in [5, 5.41) is 5.05. The summed E-state index contributed by atoms with van der Waals surface area (Å²) < 4.78 is 32.4. The summed E-state index contributed by atoms with van der Waals surface area (Å²) in [6.45, 7) is 2.34. The topological polar surface area (TPSA) is 105 Å². The van der Waals surface area contributed by atoms with Crippen LogP contribution in [0.4, 0.5) is 5.69 Å². The Bertz CT molecular complexity index is 1020. The van der Waals surface area contributed by atoms with Crippen molar-refractivity contribution in [1.82, 2.24) is 9.62 Å². The summed E-state index contributed by atoms with van der Waals surface area (Å²) in [6, 6.07) is 12.9. The molecule has 0 radical (unpaired) electrons. The zero-order valence-corrected chi connectivity index (χ0v) is 17.7. The quantitative estimate of drug-likeness (QED) is 0.680. The van der Waals surface area contributed by atoms with E-state index in [-0.39, 0.29) is 11.4 Å². The Morgan fingerprint density at radius 2 is 1.87 bits per heavy atom. The monoisotopic (exact) mass is 431 g/mol. The predicted molar refractivity (Wildman–Crippen MR) is 113 cm³/mol. The van der Waals surface area contributed by atoms with Crippen LogP contribution in [-0.2, 0) is 19.6 Å². The van der Waals surface area contributed by atoms with Crippen molar-refractivity contribution in [2.24, 2.45) is 0 Å². The maximum Gasteiger partial charge on any atom is 0.313 e. The number of carbonyl (C=O) groups excluding carboxylic acids is 2. The van der Waals surface area contributed by atoms with Crippen LogP contribution in [0.2, 0.25) is 0 Å². The summed E-state index contributed by atoms with van der Waals surface area (Å²) in [7, 11) is -2.16. The SMILES string of the molecule is COc1cccc(NC(=O)C(=O)NC[C@@H]2CCCN2S(=O)(=O)c2ccc(C)cc2)c1. The molecule has 0 unspecified atom stereocenters. The minimum absolute atomic E-state index is 0.0649. The third-order valence-corrected chi connectivity index (χ3v) is 6.95. The molecule has 0 aliphatic carbocycles. The number of carbonyl (C=O) groups is 2. The molecule has 1 heterocycles. The average Bonchev–Trinajstić information content (AvgIpc) is 3.22. The van der Waals surface area contributed by atoms with Gasteiger partial charge in [-0.3, -0.25) is 9.59 Å². The van der Waals surface area contributed by atoms with Crippen molar-refractivity contribution in [3.8, 4) is 5.75 Å². The highest BCUT2D eigenvalue weighted by molar-refractivity contribution is 7.89. The highest BCUT2D eigenvalue weighted by Crippen LogP contribution is 2.26. The van der Waals surface area contributed by atoms with Crippen LogP contribution in [0, 0.1) is 6.92 Å². The Morgan fingerprint density at radius 1 is 1.13 bits per heavy atom. The molecule has 0 bridgehead atoms. The highest BCUT2D eigenvalue weighted by Gasteiger charge is 2.35. The molecule has 9 heteroatoms. The van der Waals surface area contributed by atoms with Gasteiger partial charge in [-0.15, -0.1) is 0 Å². The molecule has 1 atom stereocenters. The Morgan fingerprint density at radius 3 is 2.57 bits per heavy atom. The van der Waals surface area contributed by atoms with Gasteiger partial charge in [0.1, 0.15) is 5.75 Å². The maximum absolute atomic E-state index is 13.0. The third kappa shape index (κ3) is 4.98. The molecule has 2 aromatic carbocycles. The van der Waals surface area contributed by atoms with E-state index < -0.39 is 27.9 Å². The number of nitrogens with one attached hydrogen (secondary N) is 2. The fraction of sp³-hybridized carbons (Fsp3) is 0.333. The van der Waals surface area contributed by atoms with Crippen LogP contribution in [-0.4, -0.2) is 50.8 Å². The Balaban J connectivity index is 1.60. The Hall–Kier alpha value is -2.91. The molecule has 8 nitrogen and oxygen atoms in total. The largest absolute Gasteiger partial charge is 0.497 e. The first kappa shape index (κ1) is 21.8. The normalized spacial score (nSPS) is 16.8. The molecule has 0 spiro atoms. The van der Waals surface area contributed by atoms with Crippen molar-refractivity contribution in [2.45, 2.75) is 30.7 Å². The molecule has 0 saturated carbocycles. The summed E-state index contributed by atoms with van der Waals surface area (Å²) in [4.78, 5) is 24.6. The first-order chi connectivity index (χ1) is 14.3. The maximum atomic E-state index is 13.0. The highest BCUT2D eigenvalue weighted by atomic mass is 32.2. The Labute approximate surface area is 176 Å². The minimum Gasteiger partial charge on any atom is -0.497 e. The van der Waals surface area contributed by atoms with Crippen LogP contribution >= 0.6 is 0 Å². The Kier molecular flexibility index (Phi) is 6.73. The molecule has 0 aromatic heterocycles. The number of amides is 2. The van der Waals surface area contributed by atoms with E-state index in [9.17, 15) is 18.0 Å². The molecular formula is C21H25N3O5S. The fourth-order valence-electron chi connectivity index (χ4n) is 3.35. The molecule has 2 N–H and O–H groups in total. The molecule has 2 amide bonds. The summed E-state index contributed by atoms with van der Waals surface area (Å²) in [6.07, 6.45) is 1.31. The van der Waals surface area contributed by atoms with Crippen LogP contribution in [0.3, 0.4) is 0 Å². The number of aryl methyl sites for hydroxylation is 1. The first-order valence-electron chi connectivity index (χ1n) is 9.63. The van der Waals surface area contributed by atoms with Crippen molar-refractivity contribution in [3.05, 3.63) is 54.1 Å². The average molecular weight is 432 g/mol. The lowest BCUT2D eigenvalue weighted by atomic mass is 10.2. The molecule has 1 fully saturated rings. The number of ether oxygens (including phenoxy) is 1. The van der Waals surface area contributed by atoms with E-state index in [0.29, 0.717) is 30.8 Å². The van der Waals surface area contributed by atoms with E-state index in [1.54, 1.807) is 48.5 Å². The lowest BCUT2D eigenvalue weighted by Gasteiger charge is -2.24. The number of methoxy groups -OCH3 is 1. The van der Waals surface area contributed by atoms with Gasteiger partial charge >= 0.3 is 11.8 Å². The molecule has 1 aliphatic heterocycles.